The molecule has 8 nitrogen and oxygen atoms in total. The Hall–Kier alpha value is -3.37. The molecule has 10 heteroatoms. The maximum absolute atomic E-state index is 14.9. The van der Waals surface area contributed by atoms with Crippen molar-refractivity contribution < 1.29 is 18.3 Å². The number of anilines is 1. The number of methoxy groups -OCH3 is 1. The van der Waals surface area contributed by atoms with Gasteiger partial charge in [0.15, 0.2) is 0 Å². The molecule has 1 saturated carbocycles. The third kappa shape index (κ3) is 6.19. The monoisotopic (exact) mass is 524 g/mol. The third-order valence-corrected chi connectivity index (χ3v) is 7.14. The largest absolute Gasteiger partial charge is 0.385 e. The molecule has 1 aromatic carbocycles. The van der Waals surface area contributed by atoms with Crippen molar-refractivity contribution >= 4 is 11.6 Å². The minimum absolute atomic E-state index is 0.00735. The molecule has 5 rings (SSSR count). The smallest absolute Gasteiger partial charge is 0.254 e. The first-order valence-electron chi connectivity index (χ1n) is 13.1. The number of nitrogens with one attached hydrogen (secondary N) is 2. The Balaban J connectivity index is 1.28. The molecule has 2 N–H and O–H groups in total. The van der Waals surface area contributed by atoms with Crippen molar-refractivity contribution in [3.05, 3.63) is 59.9 Å². The molecular weight excluding hydrogens is 490 g/mol. The zero-order chi connectivity index (χ0) is 26.6. The Morgan fingerprint density at radius 2 is 2.00 bits per heavy atom. The molecule has 3 aromatic rings. The number of rotatable bonds is 10. The average molecular weight is 525 g/mol. The number of ether oxygens (including phenoxy) is 1. The van der Waals surface area contributed by atoms with E-state index in [1.54, 1.807) is 43.4 Å². The number of aromatic nitrogens is 3. The number of pyridine rings is 1. The molecule has 1 unspecified atom stereocenters. The van der Waals surface area contributed by atoms with Gasteiger partial charge in [-0.25, -0.2) is 13.5 Å². The zero-order valence-corrected chi connectivity index (χ0v) is 21.8. The van der Waals surface area contributed by atoms with Crippen molar-refractivity contribution in [1.82, 2.24) is 25.0 Å². The number of carbonyl (C=O) groups excluding carboxylic acids is 1. The van der Waals surface area contributed by atoms with E-state index in [4.69, 9.17) is 4.74 Å². The SMILES string of the molecule is COCCCN1CCC(Nc2cncc(-c3cnn(-c4cc(C(=O)NC5CC5)c(F)cc4C)c3)c2)[C@H](F)C1. The number of carbonyl (C=O) groups is 1. The lowest BCUT2D eigenvalue weighted by atomic mass is 10.0. The quantitative estimate of drug-likeness (QED) is 0.388. The van der Waals surface area contributed by atoms with Gasteiger partial charge >= 0.3 is 0 Å². The first kappa shape index (κ1) is 26.2. The summed E-state index contributed by atoms with van der Waals surface area (Å²) in [6.07, 6.45) is 9.41. The number of hydrogen-bond donors (Lipinski definition) is 2. The van der Waals surface area contributed by atoms with E-state index in [0.717, 1.165) is 49.2 Å². The lowest BCUT2D eigenvalue weighted by molar-refractivity contribution is 0.0947. The van der Waals surface area contributed by atoms with Crippen LogP contribution in [0.1, 0.15) is 41.6 Å². The van der Waals surface area contributed by atoms with Crippen molar-refractivity contribution in [3.63, 3.8) is 0 Å². The fourth-order valence-electron chi connectivity index (χ4n) is 4.83. The van der Waals surface area contributed by atoms with Gasteiger partial charge in [0.25, 0.3) is 5.91 Å². The Bertz CT molecular complexity index is 1280. The molecular formula is C28H34F2N6O2. The second-order valence-electron chi connectivity index (χ2n) is 10.2. The van der Waals surface area contributed by atoms with E-state index in [-0.39, 0.29) is 17.6 Å². The minimum atomic E-state index is -0.981. The molecule has 2 aromatic heterocycles. The second kappa shape index (κ2) is 11.6. The summed E-state index contributed by atoms with van der Waals surface area (Å²) in [4.78, 5) is 19.0. The fraction of sp³-hybridized carbons (Fsp3) is 0.464. The summed E-state index contributed by atoms with van der Waals surface area (Å²) < 4.78 is 36.2. The van der Waals surface area contributed by atoms with Gasteiger partial charge in [-0.1, -0.05) is 0 Å². The molecule has 1 aliphatic heterocycles. The number of nitrogens with zero attached hydrogens (tertiary/aromatic N) is 4. The molecule has 38 heavy (non-hydrogen) atoms. The van der Waals surface area contributed by atoms with Crippen LogP contribution in [0.25, 0.3) is 16.8 Å². The van der Waals surface area contributed by atoms with Crippen molar-refractivity contribution in [2.24, 2.45) is 0 Å². The molecule has 1 saturated heterocycles. The van der Waals surface area contributed by atoms with Gasteiger partial charge in [0.05, 0.1) is 29.2 Å². The van der Waals surface area contributed by atoms with E-state index in [9.17, 15) is 13.6 Å². The van der Waals surface area contributed by atoms with Gasteiger partial charge in [-0.2, -0.15) is 5.10 Å². The highest BCUT2D eigenvalue weighted by Gasteiger charge is 2.29. The average Bonchev–Trinajstić information content (AvgIpc) is 3.57. The van der Waals surface area contributed by atoms with E-state index in [1.807, 2.05) is 12.3 Å². The molecule has 0 radical (unpaired) electrons. The second-order valence-corrected chi connectivity index (χ2v) is 10.2. The van der Waals surface area contributed by atoms with Crippen LogP contribution >= 0.6 is 0 Å². The van der Waals surface area contributed by atoms with Crippen LogP contribution in [0.15, 0.2) is 43.0 Å². The Labute approximate surface area is 221 Å². The normalized spacial score (nSPS) is 19.9. The van der Waals surface area contributed by atoms with Crippen LogP contribution in [0.5, 0.6) is 0 Å². The van der Waals surface area contributed by atoms with Crippen molar-refractivity contribution in [2.75, 3.05) is 38.7 Å². The third-order valence-electron chi connectivity index (χ3n) is 7.14. The molecule has 0 bridgehead atoms. The summed E-state index contributed by atoms with van der Waals surface area (Å²) in [6, 6.07) is 4.69. The van der Waals surface area contributed by atoms with E-state index < -0.39 is 17.9 Å². The van der Waals surface area contributed by atoms with Crippen LogP contribution in [0, 0.1) is 12.7 Å². The molecule has 2 atom stereocenters. The van der Waals surface area contributed by atoms with Crippen LogP contribution in [0.3, 0.4) is 0 Å². The molecule has 2 aliphatic rings. The number of benzene rings is 1. The van der Waals surface area contributed by atoms with Crippen LogP contribution in [-0.4, -0.2) is 77.2 Å². The highest BCUT2D eigenvalue weighted by Crippen LogP contribution is 2.27. The predicted octanol–water partition coefficient (Wildman–Crippen LogP) is 4.13. The van der Waals surface area contributed by atoms with Gasteiger partial charge in [-0.15, -0.1) is 0 Å². The minimum Gasteiger partial charge on any atom is -0.385 e. The van der Waals surface area contributed by atoms with Crippen molar-refractivity contribution in [3.8, 4) is 16.8 Å². The number of likely N-dealkylation sites (tertiary alicyclic amines) is 1. The van der Waals surface area contributed by atoms with Crippen LogP contribution in [-0.2, 0) is 4.74 Å². The van der Waals surface area contributed by atoms with Gasteiger partial charge in [-0.3, -0.25) is 9.78 Å². The molecule has 3 heterocycles. The summed E-state index contributed by atoms with van der Waals surface area (Å²) in [6.45, 7) is 4.53. The number of piperidine rings is 1. The first-order valence-corrected chi connectivity index (χ1v) is 13.1. The number of halogens is 2. The molecule has 1 aliphatic carbocycles. The van der Waals surface area contributed by atoms with Crippen LogP contribution < -0.4 is 10.6 Å². The molecule has 2 fully saturated rings. The predicted molar refractivity (Wildman–Crippen MR) is 142 cm³/mol. The highest BCUT2D eigenvalue weighted by molar-refractivity contribution is 5.95. The summed E-state index contributed by atoms with van der Waals surface area (Å²) >= 11 is 0. The maximum Gasteiger partial charge on any atom is 0.254 e. The summed E-state index contributed by atoms with van der Waals surface area (Å²) in [5.41, 5.74) is 3.66. The van der Waals surface area contributed by atoms with E-state index in [1.165, 1.54) is 6.07 Å². The molecule has 0 spiro atoms. The maximum atomic E-state index is 14.9. The topological polar surface area (TPSA) is 84.3 Å². The molecule has 1 amide bonds. The number of aryl methyl sites for hydroxylation is 1. The van der Waals surface area contributed by atoms with E-state index in [2.05, 4.69) is 25.6 Å². The summed E-state index contributed by atoms with van der Waals surface area (Å²) in [5.74, 6) is -0.958. The summed E-state index contributed by atoms with van der Waals surface area (Å²) in [5, 5.41) is 10.6. The standard InChI is InChI=1S/C28H34F2N6O2/c1-18-10-24(29)23(28(37)34-21-4-5-21)12-27(18)36-16-20(14-32-36)19-11-22(15-31-13-19)33-26-6-8-35(17-25(26)30)7-3-9-38-2/h10-16,21,25-26,33H,3-9,17H2,1-2H3,(H,34,37)/t25-,26?/m1/s1. The van der Waals surface area contributed by atoms with Gasteiger partial charge < -0.3 is 20.3 Å². The fourth-order valence-corrected chi connectivity index (χ4v) is 4.83. The lowest BCUT2D eigenvalue weighted by Gasteiger charge is -2.35. The Morgan fingerprint density at radius 1 is 1.16 bits per heavy atom. The van der Waals surface area contributed by atoms with E-state index >= 15 is 0 Å². The van der Waals surface area contributed by atoms with Crippen LogP contribution in [0.4, 0.5) is 14.5 Å². The number of hydrogen-bond acceptors (Lipinski definition) is 6. The molecule has 202 valence electrons. The number of alkyl halides is 1. The zero-order valence-electron chi connectivity index (χ0n) is 21.8. The van der Waals surface area contributed by atoms with Crippen molar-refractivity contribution in [1.29, 1.82) is 0 Å². The highest BCUT2D eigenvalue weighted by atomic mass is 19.1. The Kier molecular flexibility index (Phi) is 7.99. The Morgan fingerprint density at radius 3 is 2.76 bits per heavy atom. The lowest BCUT2D eigenvalue weighted by Crippen LogP contribution is -2.48. The van der Waals surface area contributed by atoms with Gasteiger partial charge in [0.2, 0.25) is 0 Å². The van der Waals surface area contributed by atoms with Crippen LogP contribution in [0.2, 0.25) is 0 Å². The first-order chi connectivity index (χ1) is 18.4. The van der Waals surface area contributed by atoms with Gasteiger partial charge in [0.1, 0.15) is 12.0 Å². The van der Waals surface area contributed by atoms with E-state index in [0.29, 0.717) is 30.8 Å². The summed E-state index contributed by atoms with van der Waals surface area (Å²) in [7, 11) is 1.68. The van der Waals surface area contributed by atoms with Crippen molar-refractivity contribution in [2.45, 2.75) is 50.9 Å². The van der Waals surface area contributed by atoms with Gasteiger partial charge in [-0.05, 0) is 56.4 Å². The van der Waals surface area contributed by atoms with Gasteiger partial charge in [0, 0.05) is 69.1 Å². The number of amides is 1.